The van der Waals surface area contributed by atoms with Crippen LogP contribution < -0.4 is 15.5 Å². The first-order valence-corrected chi connectivity index (χ1v) is 9.05. The van der Waals surface area contributed by atoms with Crippen molar-refractivity contribution in [1.29, 1.82) is 0 Å². The highest BCUT2D eigenvalue weighted by Gasteiger charge is 2.10. The van der Waals surface area contributed by atoms with E-state index in [1.807, 2.05) is 30.3 Å². The van der Waals surface area contributed by atoms with Gasteiger partial charge in [-0.1, -0.05) is 36.4 Å². The third-order valence-electron chi connectivity index (χ3n) is 4.09. The summed E-state index contributed by atoms with van der Waals surface area (Å²) in [5.74, 6) is -1.46. The number of hydrazone groups is 1. The quantitative estimate of drug-likeness (QED) is 0.392. The molecule has 0 radical (unpaired) electrons. The molecule has 0 bridgehead atoms. The van der Waals surface area contributed by atoms with E-state index in [1.165, 1.54) is 6.21 Å². The Kier molecular flexibility index (Phi) is 6.73. The number of fused-ring (bicyclic) bond motifs is 1. The highest BCUT2D eigenvalue weighted by atomic mass is 16.5. The summed E-state index contributed by atoms with van der Waals surface area (Å²) < 4.78 is 5.03. The van der Waals surface area contributed by atoms with Gasteiger partial charge < -0.3 is 15.2 Å². The second-order valence-corrected chi connectivity index (χ2v) is 6.25. The number of carboxylic acids is 1. The number of ether oxygens (including phenoxy) is 1. The molecule has 152 valence electrons. The third kappa shape index (κ3) is 5.65. The van der Waals surface area contributed by atoms with Crippen molar-refractivity contribution in [2.24, 2.45) is 5.10 Å². The van der Waals surface area contributed by atoms with E-state index in [0.717, 1.165) is 10.8 Å². The van der Waals surface area contributed by atoms with E-state index in [9.17, 15) is 14.4 Å². The minimum absolute atomic E-state index is 0.221. The van der Waals surface area contributed by atoms with Crippen LogP contribution in [0.1, 0.15) is 15.9 Å². The van der Waals surface area contributed by atoms with Crippen LogP contribution in [0, 0.1) is 0 Å². The summed E-state index contributed by atoms with van der Waals surface area (Å²) in [4.78, 5) is 34.8. The largest absolute Gasteiger partial charge is 0.482 e. The molecule has 0 aromatic heterocycles. The molecule has 3 aromatic carbocycles. The van der Waals surface area contributed by atoms with Gasteiger partial charge in [-0.25, -0.2) is 10.2 Å². The smallest absolute Gasteiger partial charge is 0.341 e. The number of benzene rings is 3. The van der Waals surface area contributed by atoms with E-state index in [4.69, 9.17) is 9.84 Å². The summed E-state index contributed by atoms with van der Waals surface area (Å²) in [5, 5.41) is 16.7. The van der Waals surface area contributed by atoms with Crippen molar-refractivity contribution in [2.75, 3.05) is 13.2 Å². The van der Waals surface area contributed by atoms with Gasteiger partial charge >= 0.3 is 5.97 Å². The summed E-state index contributed by atoms with van der Waals surface area (Å²) in [6, 6.07) is 19.4. The van der Waals surface area contributed by atoms with Crippen LogP contribution in [0.5, 0.6) is 5.75 Å². The van der Waals surface area contributed by atoms with Gasteiger partial charge in [0.1, 0.15) is 5.75 Å². The molecule has 0 aliphatic heterocycles. The lowest BCUT2D eigenvalue weighted by Gasteiger charge is -2.07. The zero-order valence-electron chi connectivity index (χ0n) is 15.9. The van der Waals surface area contributed by atoms with Crippen LogP contribution in [0.3, 0.4) is 0 Å². The van der Waals surface area contributed by atoms with E-state index in [1.54, 1.807) is 36.4 Å². The molecule has 30 heavy (non-hydrogen) atoms. The first-order chi connectivity index (χ1) is 14.5. The third-order valence-corrected chi connectivity index (χ3v) is 4.09. The Bertz CT molecular complexity index is 1090. The van der Waals surface area contributed by atoms with Crippen molar-refractivity contribution in [3.05, 3.63) is 77.9 Å². The predicted molar refractivity (Wildman–Crippen MR) is 112 cm³/mol. The normalized spacial score (nSPS) is 10.7. The molecule has 0 fully saturated rings. The van der Waals surface area contributed by atoms with E-state index in [2.05, 4.69) is 15.8 Å². The molecule has 0 atom stereocenters. The van der Waals surface area contributed by atoms with Gasteiger partial charge in [0.2, 0.25) is 0 Å². The first-order valence-electron chi connectivity index (χ1n) is 9.05. The van der Waals surface area contributed by atoms with Crippen molar-refractivity contribution < 1.29 is 24.2 Å². The SMILES string of the molecule is O=C(O)COc1ccc(C=NNC(=O)CNC(=O)c2cccc3ccccc23)cc1. The van der Waals surface area contributed by atoms with Crippen molar-refractivity contribution in [2.45, 2.75) is 0 Å². The number of hydrogen-bond acceptors (Lipinski definition) is 5. The minimum Gasteiger partial charge on any atom is -0.482 e. The number of hydrogen-bond donors (Lipinski definition) is 3. The zero-order valence-corrected chi connectivity index (χ0v) is 15.9. The van der Waals surface area contributed by atoms with E-state index >= 15 is 0 Å². The molecule has 3 N–H and O–H groups in total. The highest BCUT2D eigenvalue weighted by Crippen LogP contribution is 2.18. The standard InChI is InChI=1S/C22H19N3O5/c26-20(25-24-12-15-8-10-17(11-9-15)30-14-21(27)28)13-23-22(29)19-7-3-5-16-4-1-2-6-18(16)19/h1-12H,13-14H2,(H,23,29)(H,25,26)(H,27,28). The Morgan fingerprint density at radius 1 is 0.967 bits per heavy atom. The van der Waals surface area contributed by atoms with Gasteiger partial charge in [-0.3, -0.25) is 9.59 Å². The molecule has 0 saturated carbocycles. The minimum atomic E-state index is -1.06. The predicted octanol–water partition coefficient (Wildman–Crippen LogP) is 2.18. The zero-order chi connectivity index (χ0) is 21.3. The molecular weight excluding hydrogens is 386 g/mol. The number of carbonyl (C=O) groups excluding carboxylic acids is 2. The Morgan fingerprint density at radius 3 is 2.47 bits per heavy atom. The number of rotatable bonds is 8. The maximum atomic E-state index is 12.4. The van der Waals surface area contributed by atoms with E-state index in [-0.39, 0.29) is 12.5 Å². The van der Waals surface area contributed by atoms with Gasteiger partial charge in [0.05, 0.1) is 12.8 Å². The number of nitrogens with zero attached hydrogens (tertiary/aromatic N) is 1. The molecule has 0 heterocycles. The summed E-state index contributed by atoms with van der Waals surface area (Å²) >= 11 is 0. The molecular formula is C22H19N3O5. The van der Waals surface area contributed by atoms with Crippen LogP contribution >= 0.6 is 0 Å². The van der Waals surface area contributed by atoms with Gasteiger partial charge in [0.15, 0.2) is 6.61 Å². The van der Waals surface area contributed by atoms with Gasteiger partial charge in [0.25, 0.3) is 11.8 Å². The summed E-state index contributed by atoms with van der Waals surface area (Å²) in [7, 11) is 0. The number of aliphatic carboxylic acids is 1. The van der Waals surface area contributed by atoms with Crippen LogP contribution in [0.4, 0.5) is 0 Å². The lowest BCUT2D eigenvalue weighted by Crippen LogP contribution is -2.35. The van der Waals surface area contributed by atoms with Crippen LogP contribution in [0.25, 0.3) is 10.8 Å². The van der Waals surface area contributed by atoms with Gasteiger partial charge in [0, 0.05) is 5.56 Å². The number of carboxylic acid groups (broad SMARTS) is 1. The number of carbonyl (C=O) groups is 3. The Balaban J connectivity index is 1.48. The second kappa shape index (κ2) is 9.83. The monoisotopic (exact) mass is 405 g/mol. The van der Waals surface area contributed by atoms with Gasteiger partial charge in [-0.2, -0.15) is 5.10 Å². The van der Waals surface area contributed by atoms with Crippen molar-refractivity contribution >= 4 is 34.8 Å². The second-order valence-electron chi connectivity index (χ2n) is 6.25. The number of nitrogens with one attached hydrogen (secondary N) is 2. The fourth-order valence-corrected chi connectivity index (χ4v) is 2.69. The van der Waals surface area contributed by atoms with Gasteiger partial charge in [-0.05, 0) is 46.7 Å². The van der Waals surface area contributed by atoms with Crippen LogP contribution in [0.2, 0.25) is 0 Å². The van der Waals surface area contributed by atoms with Crippen molar-refractivity contribution in [3.63, 3.8) is 0 Å². The van der Waals surface area contributed by atoms with Crippen LogP contribution in [-0.4, -0.2) is 42.3 Å². The Morgan fingerprint density at radius 2 is 1.70 bits per heavy atom. The average Bonchev–Trinajstić information content (AvgIpc) is 2.76. The molecule has 0 aliphatic rings. The molecule has 0 aliphatic carbocycles. The maximum absolute atomic E-state index is 12.4. The molecule has 3 rings (SSSR count). The molecule has 2 amide bonds. The average molecular weight is 405 g/mol. The molecule has 8 heteroatoms. The van der Waals surface area contributed by atoms with Crippen molar-refractivity contribution in [1.82, 2.24) is 10.7 Å². The Labute approximate surface area is 172 Å². The van der Waals surface area contributed by atoms with E-state index in [0.29, 0.717) is 16.9 Å². The lowest BCUT2D eigenvalue weighted by molar-refractivity contribution is -0.139. The highest BCUT2D eigenvalue weighted by molar-refractivity contribution is 6.07. The molecule has 3 aromatic rings. The van der Waals surface area contributed by atoms with Crippen LogP contribution in [-0.2, 0) is 9.59 Å². The fourth-order valence-electron chi connectivity index (χ4n) is 2.69. The fraction of sp³-hybridized carbons (Fsp3) is 0.0909. The number of amides is 2. The van der Waals surface area contributed by atoms with Gasteiger partial charge in [-0.15, -0.1) is 0 Å². The first kappa shape index (κ1) is 20.5. The van der Waals surface area contributed by atoms with Crippen LogP contribution in [0.15, 0.2) is 71.8 Å². The molecule has 8 nitrogen and oxygen atoms in total. The maximum Gasteiger partial charge on any atom is 0.341 e. The summed E-state index contributed by atoms with van der Waals surface area (Å²) in [6.45, 7) is -0.644. The van der Waals surface area contributed by atoms with Crippen molar-refractivity contribution in [3.8, 4) is 5.75 Å². The summed E-state index contributed by atoms with van der Waals surface area (Å²) in [6.07, 6.45) is 1.42. The molecule has 0 spiro atoms. The Hall–Kier alpha value is -4.20. The molecule has 0 unspecified atom stereocenters. The summed E-state index contributed by atoms with van der Waals surface area (Å²) in [5.41, 5.74) is 3.51. The van der Waals surface area contributed by atoms with E-state index < -0.39 is 18.5 Å². The topological polar surface area (TPSA) is 117 Å². The molecule has 0 saturated heterocycles. The lowest BCUT2D eigenvalue weighted by atomic mass is 10.0.